The first kappa shape index (κ1) is 14.3. The van der Waals surface area contributed by atoms with E-state index >= 15 is 0 Å². The van der Waals surface area contributed by atoms with Crippen molar-refractivity contribution >= 4 is 39.8 Å². The van der Waals surface area contributed by atoms with Gasteiger partial charge in [0.25, 0.3) is 0 Å². The van der Waals surface area contributed by atoms with Gasteiger partial charge in [-0.25, -0.2) is 0 Å². The predicted molar refractivity (Wildman–Crippen MR) is 86.3 cm³/mol. The van der Waals surface area contributed by atoms with Crippen molar-refractivity contribution in [3.8, 4) is 0 Å². The maximum Gasteiger partial charge on any atom is 0.230 e. The molecule has 0 radical (unpaired) electrons. The molecule has 1 aromatic heterocycles. The van der Waals surface area contributed by atoms with E-state index in [1.165, 1.54) is 23.1 Å². The smallest absolute Gasteiger partial charge is 0.230 e. The molecule has 0 unspecified atom stereocenters. The normalized spacial score (nSPS) is 14.0. The van der Waals surface area contributed by atoms with Gasteiger partial charge in [-0.1, -0.05) is 41.3 Å². The van der Waals surface area contributed by atoms with E-state index in [1.807, 2.05) is 31.2 Å². The van der Waals surface area contributed by atoms with Gasteiger partial charge in [-0.3, -0.25) is 4.79 Å². The molecule has 0 spiro atoms. The number of nitrogens with zero attached hydrogens (tertiary/aromatic N) is 2. The van der Waals surface area contributed by atoms with Gasteiger partial charge in [-0.2, -0.15) is 0 Å². The Morgan fingerprint density at radius 3 is 2.95 bits per heavy atom. The third kappa shape index (κ3) is 4.18. The van der Waals surface area contributed by atoms with Crippen LogP contribution in [0.2, 0.25) is 0 Å². The molecule has 0 saturated heterocycles. The van der Waals surface area contributed by atoms with Crippen LogP contribution in [0.25, 0.3) is 0 Å². The van der Waals surface area contributed by atoms with Gasteiger partial charge in [0.05, 0.1) is 5.75 Å². The van der Waals surface area contributed by atoms with Crippen molar-refractivity contribution in [3.05, 3.63) is 29.8 Å². The van der Waals surface area contributed by atoms with E-state index < -0.39 is 0 Å². The summed E-state index contributed by atoms with van der Waals surface area (Å²) in [5.41, 5.74) is 2.18. The molecule has 0 bridgehead atoms. The van der Waals surface area contributed by atoms with Crippen molar-refractivity contribution in [3.63, 3.8) is 0 Å². The maximum atomic E-state index is 11.6. The largest absolute Gasteiger partial charge is 0.353 e. The van der Waals surface area contributed by atoms with Crippen LogP contribution in [0.1, 0.15) is 18.4 Å². The minimum absolute atomic E-state index is 0.0751. The fourth-order valence-corrected chi connectivity index (χ4v) is 3.35. The second-order valence-corrected chi connectivity index (χ2v) is 7.14. The highest BCUT2D eigenvalue weighted by Crippen LogP contribution is 2.28. The Morgan fingerprint density at radius 2 is 2.19 bits per heavy atom. The second-order valence-electron chi connectivity index (χ2n) is 4.94. The lowest BCUT2D eigenvalue weighted by molar-refractivity contribution is -0.118. The number of aryl methyl sites for hydroxylation is 1. The van der Waals surface area contributed by atoms with Gasteiger partial charge in [0, 0.05) is 11.7 Å². The third-order valence-electron chi connectivity index (χ3n) is 3.06. The number of nitrogens with one attached hydrogen (secondary N) is 2. The zero-order valence-corrected chi connectivity index (χ0v) is 13.3. The first-order valence-electron chi connectivity index (χ1n) is 6.79. The molecule has 5 nitrogen and oxygen atoms in total. The first-order valence-corrected chi connectivity index (χ1v) is 8.59. The number of rotatable bonds is 6. The van der Waals surface area contributed by atoms with Crippen LogP contribution in [0, 0.1) is 6.92 Å². The molecule has 2 N–H and O–H groups in total. The summed E-state index contributed by atoms with van der Waals surface area (Å²) in [6.45, 7) is 2.04. The molecule has 1 heterocycles. The van der Waals surface area contributed by atoms with E-state index in [1.54, 1.807) is 0 Å². The molecule has 3 rings (SSSR count). The number of carbonyl (C=O) groups excluding carboxylic acids is 1. The van der Waals surface area contributed by atoms with Crippen LogP contribution < -0.4 is 10.6 Å². The van der Waals surface area contributed by atoms with Crippen LogP contribution in [0.4, 0.5) is 10.8 Å². The van der Waals surface area contributed by atoms with E-state index in [4.69, 9.17) is 0 Å². The summed E-state index contributed by atoms with van der Waals surface area (Å²) in [6, 6.07) is 8.44. The van der Waals surface area contributed by atoms with E-state index in [2.05, 4.69) is 20.8 Å². The fourth-order valence-electron chi connectivity index (χ4n) is 1.77. The monoisotopic (exact) mass is 320 g/mol. The minimum atomic E-state index is 0.0751. The molecular weight excluding hydrogens is 304 g/mol. The summed E-state index contributed by atoms with van der Waals surface area (Å²) in [6.07, 6.45) is 2.22. The quantitative estimate of drug-likeness (QED) is 0.801. The highest BCUT2D eigenvalue weighted by molar-refractivity contribution is 8.01. The Kier molecular flexibility index (Phi) is 4.40. The lowest BCUT2D eigenvalue weighted by atomic mass is 10.2. The molecule has 2 aromatic rings. The molecule has 1 amide bonds. The number of para-hydroxylation sites is 1. The van der Waals surface area contributed by atoms with Crippen LogP contribution in [0.3, 0.4) is 0 Å². The maximum absolute atomic E-state index is 11.6. The Balaban J connectivity index is 1.53. The summed E-state index contributed by atoms with van der Waals surface area (Å²) in [5.74, 6) is 0.473. The Bertz CT molecular complexity index is 639. The highest BCUT2D eigenvalue weighted by atomic mass is 32.2. The summed E-state index contributed by atoms with van der Waals surface area (Å²) in [4.78, 5) is 11.6. The predicted octanol–water partition coefficient (Wildman–Crippen LogP) is 2.96. The van der Waals surface area contributed by atoms with Crippen LogP contribution >= 0.6 is 23.1 Å². The number of thioether (sulfide) groups is 1. The molecule has 0 aliphatic heterocycles. The first-order chi connectivity index (χ1) is 10.2. The lowest BCUT2D eigenvalue weighted by Crippen LogP contribution is -2.26. The zero-order chi connectivity index (χ0) is 14.7. The summed E-state index contributed by atoms with van der Waals surface area (Å²) >= 11 is 2.89. The van der Waals surface area contributed by atoms with Crippen molar-refractivity contribution in [2.24, 2.45) is 0 Å². The van der Waals surface area contributed by atoms with Crippen LogP contribution in [0.15, 0.2) is 28.6 Å². The van der Waals surface area contributed by atoms with Gasteiger partial charge in [0.2, 0.25) is 11.0 Å². The fraction of sp³-hybridized carbons (Fsp3) is 0.357. The number of carbonyl (C=O) groups is 1. The molecule has 1 aliphatic rings. The Labute approximate surface area is 131 Å². The number of amides is 1. The average Bonchev–Trinajstić information content (AvgIpc) is 3.16. The van der Waals surface area contributed by atoms with Crippen molar-refractivity contribution in [1.29, 1.82) is 0 Å². The van der Waals surface area contributed by atoms with Gasteiger partial charge < -0.3 is 10.6 Å². The average molecular weight is 320 g/mol. The number of hydrogen-bond donors (Lipinski definition) is 2. The molecule has 7 heteroatoms. The van der Waals surface area contributed by atoms with E-state index in [0.717, 1.165) is 33.6 Å². The van der Waals surface area contributed by atoms with Gasteiger partial charge in [-0.05, 0) is 31.4 Å². The molecule has 1 saturated carbocycles. The number of aromatic nitrogens is 2. The molecule has 1 aromatic carbocycles. The zero-order valence-electron chi connectivity index (χ0n) is 11.6. The van der Waals surface area contributed by atoms with E-state index in [9.17, 15) is 4.79 Å². The topological polar surface area (TPSA) is 66.9 Å². The van der Waals surface area contributed by atoms with Crippen LogP contribution in [-0.2, 0) is 4.79 Å². The second kappa shape index (κ2) is 6.44. The van der Waals surface area contributed by atoms with Crippen LogP contribution in [-0.4, -0.2) is 27.9 Å². The number of benzene rings is 1. The molecular formula is C14H16N4OS2. The summed E-state index contributed by atoms with van der Waals surface area (Å²) in [5, 5.41) is 15.2. The molecule has 0 atom stereocenters. The van der Waals surface area contributed by atoms with Gasteiger partial charge in [-0.15, -0.1) is 10.2 Å². The molecule has 1 fully saturated rings. The number of anilines is 2. The lowest BCUT2D eigenvalue weighted by Gasteiger charge is -2.04. The standard InChI is InChI=1S/C14H16N4OS2/c1-9-4-2-3-5-11(9)16-13-17-18-14(21-13)20-8-12(19)15-10-6-7-10/h2-5,10H,6-8H2,1H3,(H,15,19)(H,16,17). The van der Waals surface area contributed by atoms with Gasteiger partial charge in [0.1, 0.15) is 0 Å². The van der Waals surface area contributed by atoms with E-state index in [-0.39, 0.29) is 5.91 Å². The third-order valence-corrected chi connectivity index (χ3v) is 5.03. The highest BCUT2D eigenvalue weighted by Gasteiger charge is 2.23. The van der Waals surface area contributed by atoms with Gasteiger partial charge >= 0.3 is 0 Å². The molecule has 1 aliphatic carbocycles. The van der Waals surface area contributed by atoms with Crippen molar-refractivity contribution in [2.45, 2.75) is 30.1 Å². The number of hydrogen-bond acceptors (Lipinski definition) is 6. The summed E-state index contributed by atoms with van der Waals surface area (Å²) in [7, 11) is 0. The SMILES string of the molecule is Cc1ccccc1Nc1nnc(SCC(=O)NC2CC2)s1. The van der Waals surface area contributed by atoms with Gasteiger partial charge in [0.15, 0.2) is 4.34 Å². The molecule has 21 heavy (non-hydrogen) atoms. The van der Waals surface area contributed by atoms with Crippen molar-refractivity contribution < 1.29 is 4.79 Å². The Hall–Kier alpha value is -1.60. The van der Waals surface area contributed by atoms with Crippen molar-refractivity contribution in [1.82, 2.24) is 15.5 Å². The minimum Gasteiger partial charge on any atom is -0.353 e. The van der Waals surface area contributed by atoms with E-state index in [0.29, 0.717) is 11.8 Å². The van der Waals surface area contributed by atoms with Crippen molar-refractivity contribution in [2.75, 3.05) is 11.1 Å². The Morgan fingerprint density at radius 1 is 1.38 bits per heavy atom. The van der Waals surface area contributed by atoms with Crippen LogP contribution in [0.5, 0.6) is 0 Å². The molecule has 110 valence electrons. The summed E-state index contributed by atoms with van der Waals surface area (Å²) < 4.78 is 0.803.